The largest absolute Gasteiger partial charge is 0.343 e. The molecule has 1 aliphatic rings. The van der Waals surface area contributed by atoms with Crippen molar-refractivity contribution in [2.24, 2.45) is 0 Å². The van der Waals surface area contributed by atoms with Crippen LogP contribution < -0.4 is 10.2 Å². The highest BCUT2D eigenvalue weighted by molar-refractivity contribution is 8.00. The van der Waals surface area contributed by atoms with E-state index < -0.39 is 5.82 Å². The van der Waals surface area contributed by atoms with Gasteiger partial charge in [0.25, 0.3) is 0 Å². The summed E-state index contributed by atoms with van der Waals surface area (Å²) >= 11 is 8.63. The van der Waals surface area contributed by atoms with Crippen molar-refractivity contribution in [3.8, 4) is 0 Å². The number of benzene rings is 2. The van der Waals surface area contributed by atoms with Gasteiger partial charge in [-0.25, -0.2) is 14.4 Å². The van der Waals surface area contributed by atoms with E-state index in [-0.39, 0.29) is 16.7 Å². The van der Waals surface area contributed by atoms with Gasteiger partial charge in [-0.2, -0.15) is 4.98 Å². The summed E-state index contributed by atoms with van der Waals surface area (Å²) in [4.78, 5) is 28.0. The van der Waals surface area contributed by atoms with E-state index in [1.165, 1.54) is 47.4 Å². The maximum Gasteiger partial charge on any atom is 0.234 e. The highest BCUT2D eigenvalue weighted by Gasteiger charge is 2.21. The molecule has 0 fully saturated rings. The number of hydrogen-bond donors (Lipinski definition) is 1. The van der Waals surface area contributed by atoms with Crippen LogP contribution in [0, 0.1) is 5.82 Å². The monoisotopic (exact) mass is 485 g/mol. The molecule has 6 nitrogen and oxygen atoms in total. The number of hydrogen-bond acceptors (Lipinski definition) is 7. The number of aromatic nitrogens is 3. The summed E-state index contributed by atoms with van der Waals surface area (Å²) in [5.41, 5.74) is 3.78. The summed E-state index contributed by atoms with van der Waals surface area (Å²) in [6.45, 7) is 1.71. The molecule has 1 aliphatic heterocycles. The van der Waals surface area contributed by atoms with Gasteiger partial charge in [-0.3, -0.25) is 4.79 Å². The molecular formula is C22H17ClFN5OS2. The number of nitrogens with one attached hydrogen (secondary N) is 1. The molecular weight excluding hydrogens is 469 g/mol. The Morgan fingerprint density at radius 2 is 2.06 bits per heavy atom. The SMILES string of the molecule is O=C(CSc1ncnc2nc(N3CCc4ccccc4C3)sc12)Nc1ccc(F)c(Cl)c1. The molecule has 0 saturated heterocycles. The zero-order chi connectivity index (χ0) is 22.1. The van der Waals surface area contributed by atoms with E-state index in [9.17, 15) is 9.18 Å². The Kier molecular flexibility index (Phi) is 5.95. The third-order valence-electron chi connectivity index (χ3n) is 5.09. The minimum atomic E-state index is -0.527. The summed E-state index contributed by atoms with van der Waals surface area (Å²) < 4.78 is 14.2. The lowest BCUT2D eigenvalue weighted by Gasteiger charge is -2.28. The first kappa shape index (κ1) is 21.1. The first-order valence-electron chi connectivity index (χ1n) is 9.88. The number of fused-ring (bicyclic) bond motifs is 2. The summed E-state index contributed by atoms with van der Waals surface area (Å²) in [5, 5.41) is 4.30. The van der Waals surface area contributed by atoms with Gasteiger partial charge in [0, 0.05) is 18.8 Å². The minimum Gasteiger partial charge on any atom is -0.343 e. The van der Waals surface area contributed by atoms with Gasteiger partial charge in [-0.1, -0.05) is 59.0 Å². The molecule has 162 valence electrons. The lowest BCUT2D eigenvalue weighted by molar-refractivity contribution is -0.113. The number of carbonyl (C=O) groups is 1. The Morgan fingerprint density at radius 1 is 1.22 bits per heavy atom. The standard InChI is InChI=1S/C22H17ClFN5OS2/c23-16-9-15(5-6-17(16)24)27-18(30)11-31-21-19-20(25-12-26-21)28-22(32-19)29-8-7-13-3-1-2-4-14(13)10-29/h1-6,9,12H,7-8,10-11H2,(H,27,30). The van der Waals surface area contributed by atoms with Gasteiger partial charge in [0.1, 0.15) is 21.9 Å². The van der Waals surface area contributed by atoms with Crippen molar-refractivity contribution in [1.29, 1.82) is 0 Å². The quantitative estimate of drug-likeness (QED) is 0.310. The molecule has 0 radical (unpaired) electrons. The van der Waals surface area contributed by atoms with Gasteiger partial charge in [0.05, 0.1) is 10.8 Å². The van der Waals surface area contributed by atoms with Gasteiger partial charge in [0.2, 0.25) is 5.91 Å². The van der Waals surface area contributed by atoms with Crippen molar-refractivity contribution in [3.63, 3.8) is 0 Å². The molecule has 1 amide bonds. The molecule has 0 bridgehead atoms. The molecule has 0 atom stereocenters. The van der Waals surface area contributed by atoms with Crippen LogP contribution in [0.1, 0.15) is 11.1 Å². The number of amides is 1. The van der Waals surface area contributed by atoms with E-state index in [2.05, 4.69) is 44.5 Å². The highest BCUT2D eigenvalue weighted by atomic mass is 35.5. The molecule has 4 aromatic rings. The Hall–Kier alpha value is -2.75. The zero-order valence-electron chi connectivity index (χ0n) is 16.7. The second-order valence-corrected chi connectivity index (χ2v) is 9.58. The Morgan fingerprint density at radius 3 is 2.91 bits per heavy atom. The lowest BCUT2D eigenvalue weighted by Crippen LogP contribution is -2.30. The van der Waals surface area contributed by atoms with Crippen molar-refractivity contribution in [2.75, 3.05) is 22.5 Å². The van der Waals surface area contributed by atoms with Crippen LogP contribution in [0.25, 0.3) is 10.3 Å². The second-order valence-electron chi connectivity index (χ2n) is 7.23. The smallest absolute Gasteiger partial charge is 0.234 e. The Balaban J connectivity index is 1.29. The van der Waals surface area contributed by atoms with Crippen LogP contribution in [0.15, 0.2) is 53.8 Å². The number of nitrogens with zero attached hydrogens (tertiary/aromatic N) is 4. The maximum atomic E-state index is 13.3. The maximum absolute atomic E-state index is 13.3. The van der Waals surface area contributed by atoms with E-state index in [1.807, 2.05) is 0 Å². The van der Waals surface area contributed by atoms with Crippen molar-refractivity contribution >= 4 is 61.8 Å². The number of thioether (sulfide) groups is 1. The minimum absolute atomic E-state index is 0.0366. The first-order chi connectivity index (χ1) is 15.6. The fourth-order valence-corrected chi connectivity index (χ4v) is 5.62. The molecule has 2 aromatic carbocycles. The van der Waals surface area contributed by atoms with Crippen molar-refractivity contribution in [1.82, 2.24) is 15.0 Å². The predicted octanol–water partition coefficient (Wildman–Crippen LogP) is 5.17. The molecule has 0 spiro atoms. The van der Waals surface area contributed by atoms with E-state index in [1.54, 1.807) is 11.3 Å². The molecule has 5 rings (SSSR count). The van der Waals surface area contributed by atoms with Crippen molar-refractivity contribution in [2.45, 2.75) is 18.0 Å². The van der Waals surface area contributed by atoms with E-state index >= 15 is 0 Å². The van der Waals surface area contributed by atoms with Gasteiger partial charge in [0.15, 0.2) is 10.8 Å². The van der Waals surface area contributed by atoms with Crippen molar-refractivity contribution < 1.29 is 9.18 Å². The summed E-state index contributed by atoms with van der Waals surface area (Å²) in [5.74, 6) is -0.617. The molecule has 2 aromatic heterocycles. The van der Waals surface area contributed by atoms with Crippen LogP contribution in [-0.4, -0.2) is 33.2 Å². The van der Waals surface area contributed by atoms with Gasteiger partial charge in [-0.05, 0) is 35.7 Å². The number of anilines is 2. The van der Waals surface area contributed by atoms with Crippen LogP contribution in [0.3, 0.4) is 0 Å². The van der Waals surface area contributed by atoms with Gasteiger partial charge >= 0.3 is 0 Å². The van der Waals surface area contributed by atoms with Crippen LogP contribution in [-0.2, 0) is 17.8 Å². The summed E-state index contributed by atoms with van der Waals surface area (Å²) in [6.07, 6.45) is 2.45. The van der Waals surface area contributed by atoms with Crippen LogP contribution in [0.2, 0.25) is 5.02 Å². The third-order valence-corrected chi connectivity index (χ3v) is 7.61. The number of rotatable bonds is 5. The number of halogens is 2. The second kappa shape index (κ2) is 9.01. The molecule has 3 heterocycles. The third kappa shape index (κ3) is 4.41. The molecule has 32 heavy (non-hydrogen) atoms. The topological polar surface area (TPSA) is 71.0 Å². The molecule has 0 saturated carbocycles. The zero-order valence-corrected chi connectivity index (χ0v) is 19.1. The first-order valence-corrected chi connectivity index (χ1v) is 12.1. The molecule has 10 heteroatoms. The Bertz CT molecular complexity index is 1310. The van der Waals surface area contributed by atoms with Gasteiger partial charge < -0.3 is 10.2 Å². The average molecular weight is 486 g/mol. The fourth-order valence-electron chi connectivity index (χ4n) is 3.52. The number of carbonyl (C=O) groups excluding carboxylic acids is 1. The normalized spacial score (nSPS) is 13.2. The van der Waals surface area contributed by atoms with Gasteiger partial charge in [-0.15, -0.1) is 0 Å². The van der Waals surface area contributed by atoms with Crippen LogP contribution in [0.4, 0.5) is 15.2 Å². The van der Waals surface area contributed by atoms with E-state index in [0.717, 1.165) is 29.3 Å². The van der Waals surface area contributed by atoms with Crippen LogP contribution in [0.5, 0.6) is 0 Å². The van der Waals surface area contributed by atoms with E-state index in [0.29, 0.717) is 16.4 Å². The Labute approximate surface area is 196 Å². The summed E-state index contributed by atoms with van der Waals surface area (Å²) in [7, 11) is 0. The fraction of sp³-hybridized carbons (Fsp3) is 0.182. The van der Waals surface area contributed by atoms with Crippen molar-refractivity contribution in [3.05, 3.63) is 70.8 Å². The molecule has 0 unspecified atom stereocenters. The van der Waals surface area contributed by atoms with E-state index in [4.69, 9.17) is 16.6 Å². The predicted molar refractivity (Wildman–Crippen MR) is 127 cm³/mol. The number of thiazole rings is 1. The lowest BCUT2D eigenvalue weighted by atomic mass is 10.0. The van der Waals surface area contributed by atoms with Crippen LogP contribution >= 0.6 is 34.7 Å². The highest BCUT2D eigenvalue weighted by Crippen LogP contribution is 2.35. The average Bonchev–Trinajstić information content (AvgIpc) is 3.25. The summed E-state index contributed by atoms with van der Waals surface area (Å²) in [6, 6.07) is 12.5. The molecule has 0 aliphatic carbocycles. The molecule has 1 N–H and O–H groups in total.